The van der Waals surface area contributed by atoms with Gasteiger partial charge in [0.05, 0.1) is 12.2 Å². The van der Waals surface area contributed by atoms with Gasteiger partial charge in [0.15, 0.2) is 0 Å². The first-order chi connectivity index (χ1) is 15.5. The summed E-state index contributed by atoms with van der Waals surface area (Å²) >= 11 is 0. The molecule has 0 amide bonds. The Morgan fingerprint density at radius 1 is 0.844 bits per heavy atom. The summed E-state index contributed by atoms with van der Waals surface area (Å²) in [4.78, 5) is 0. The predicted molar refractivity (Wildman–Crippen MR) is 132 cm³/mol. The standard InChI is InChI=1S/C29H36O3/c1-5-11-24-14-8-9-15-25(24)26-18-28(27(16-21(26)4)29(31,6-2)7-3)32-20-23-13-10-12-22(17-23)19-30/h8-10,12-18,30-31H,5-7,11,19-20H2,1-4H3. The number of aryl methyl sites for hydroxylation is 2. The van der Waals surface area contributed by atoms with Crippen LogP contribution in [0.4, 0.5) is 0 Å². The Labute approximate surface area is 192 Å². The topological polar surface area (TPSA) is 49.7 Å². The van der Waals surface area contributed by atoms with Gasteiger partial charge < -0.3 is 14.9 Å². The highest BCUT2D eigenvalue weighted by Gasteiger charge is 2.30. The lowest BCUT2D eigenvalue weighted by Crippen LogP contribution is -2.24. The minimum Gasteiger partial charge on any atom is -0.488 e. The molecule has 3 aromatic carbocycles. The van der Waals surface area contributed by atoms with Crippen molar-refractivity contribution in [3.63, 3.8) is 0 Å². The Kier molecular flexibility index (Phi) is 8.11. The molecule has 170 valence electrons. The van der Waals surface area contributed by atoms with Crippen LogP contribution in [0.1, 0.15) is 67.9 Å². The fraction of sp³-hybridized carbons (Fsp3) is 0.379. The molecule has 0 heterocycles. The first kappa shape index (κ1) is 24.0. The van der Waals surface area contributed by atoms with Crippen molar-refractivity contribution in [1.29, 1.82) is 0 Å². The summed E-state index contributed by atoms with van der Waals surface area (Å²) in [5.41, 5.74) is 6.60. The summed E-state index contributed by atoms with van der Waals surface area (Å²) in [6.07, 6.45) is 3.34. The van der Waals surface area contributed by atoms with Gasteiger partial charge in [0.25, 0.3) is 0 Å². The Bertz CT molecular complexity index is 1030. The van der Waals surface area contributed by atoms with Crippen LogP contribution in [-0.4, -0.2) is 10.2 Å². The zero-order valence-corrected chi connectivity index (χ0v) is 19.8. The van der Waals surface area contributed by atoms with E-state index in [-0.39, 0.29) is 6.61 Å². The molecule has 3 aromatic rings. The Balaban J connectivity index is 2.08. The van der Waals surface area contributed by atoms with E-state index in [4.69, 9.17) is 4.74 Å². The molecule has 3 rings (SSSR count). The Morgan fingerprint density at radius 3 is 2.25 bits per heavy atom. The SMILES string of the molecule is CCCc1ccccc1-c1cc(OCc2cccc(CO)c2)c(C(O)(CC)CC)cc1C. The number of hydrogen-bond donors (Lipinski definition) is 2. The zero-order chi connectivity index (χ0) is 23.1. The maximum atomic E-state index is 11.4. The van der Waals surface area contributed by atoms with Gasteiger partial charge in [-0.1, -0.05) is 75.7 Å². The molecular formula is C29H36O3. The van der Waals surface area contributed by atoms with Gasteiger partial charge in [0.2, 0.25) is 0 Å². The lowest BCUT2D eigenvalue weighted by molar-refractivity contribution is 0.0252. The minimum atomic E-state index is -0.936. The maximum absolute atomic E-state index is 11.4. The highest BCUT2D eigenvalue weighted by Crippen LogP contribution is 2.41. The third-order valence-corrected chi connectivity index (χ3v) is 6.39. The second-order valence-corrected chi connectivity index (χ2v) is 8.58. The number of ether oxygens (including phenoxy) is 1. The first-order valence-corrected chi connectivity index (χ1v) is 11.7. The van der Waals surface area contributed by atoms with E-state index in [0.29, 0.717) is 19.4 Å². The maximum Gasteiger partial charge on any atom is 0.126 e. The fourth-order valence-corrected chi connectivity index (χ4v) is 4.34. The van der Waals surface area contributed by atoms with Crippen molar-refractivity contribution in [2.75, 3.05) is 0 Å². The summed E-state index contributed by atoms with van der Waals surface area (Å²) < 4.78 is 6.35. The third-order valence-electron chi connectivity index (χ3n) is 6.39. The lowest BCUT2D eigenvalue weighted by Gasteiger charge is -2.29. The van der Waals surface area contributed by atoms with Gasteiger partial charge in [-0.25, -0.2) is 0 Å². The zero-order valence-electron chi connectivity index (χ0n) is 19.8. The smallest absolute Gasteiger partial charge is 0.126 e. The van der Waals surface area contributed by atoms with Crippen LogP contribution in [0.2, 0.25) is 0 Å². The molecule has 0 aliphatic rings. The minimum absolute atomic E-state index is 0.00734. The molecule has 0 atom stereocenters. The van der Waals surface area contributed by atoms with Crippen LogP contribution in [0.5, 0.6) is 5.75 Å². The van der Waals surface area contributed by atoms with Gasteiger partial charge in [0, 0.05) is 5.56 Å². The van der Waals surface area contributed by atoms with Crippen molar-refractivity contribution in [2.45, 2.75) is 72.2 Å². The van der Waals surface area contributed by atoms with Gasteiger partial charge >= 0.3 is 0 Å². The van der Waals surface area contributed by atoms with E-state index < -0.39 is 5.60 Å². The van der Waals surface area contributed by atoms with Gasteiger partial charge in [-0.2, -0.15) is 0 Å². The van der Waals surface area contributed by atoms with Gasteiger partial charge in [-0.15, -0.1) is 0 Å². The molecular weight excluding hydrogens is 396 g/mol. The van der Waals surface area contributed by atoms with Crippen molar-refractivity contribution in [3.05, 3.63) is 88.5 Å². The van der Waals surface area contributed by atoms with Crippen LogP contribution in [-0.2, 0) is 25.2 Å². The van der Waals surface area contributed by atoms with Crippen molar-refractivity contribution < 1.29 is 14.9 Å². The quantitative estimate of drug-likeness (QED) is 0.375. The highest BCUT2D eigenvalue weighted by atomic mass is 16.5. The summed E-state index contributed by atoms with van der Waals surface area (Å²) in [6.45, 7) is 8.72. The molecule has 32 heavy (non-hydrogen) atoms. The molecule has 0 fully saturated rings. The normalized spacial score (nSPS) is 11.6. The summed E-state index contributed by atoms with van der Waals surface area (Å²) in [5.74, 6) is 0.720. The largest absolute Gasteiger partial charge is 0.488 e. The molecule has 0 bridgehead atoms. The molecule has 0 saturated carbocycles. The second-order valence-electron chi connectivity index (χ2n) is 8.58. The summed E-state index contributed by atoms with van der Waals surface area (Å²) in [6, 6.07) is 20.5. The fourth-order valence-electron chi connectivity index (χ4n) is 4.34. The summed E-state index contributed by atoms with van der Waals surface area (Å²) in [7, 11) is 0. The number of benzene rings is 3. The van der Waals surface area contributed by atoms with Crippen LogP contribution in [0.3, 0.4) is 0 Å². The van der Waals surface area contributed by atoms with E-state index in [2.05, 4.69) is 50.2 Å². The van der Waals surface area contributed by atoms with Gasteiger partial charge in [0.1, 0.15) is 12.4 Å². The molecule has 2 N–H and O–H groups in total. The van der Waals surface area contributed by atoms with E-state index in [1.807, 2.05) is 38.1 Å². The van der Waals surface area contributed by atoms with Crippen LogP contribution in [0.15, 0.2) is 60.7 Å². The lowest BCUT2D eigenvalue weighted by atomic mass is 9.84. The molecule has 0 aliphatic carbocycles. The Hall–Kier alpha value is -2.62. The Morgan fingerprint density at radius 2 is 1.56 bits per heavy atom. The highest BCUT2D eigenvalue weighted by molar-refractivity contribution is 5.73. The van der Waals surface area contributed by atoms with E-state index >= 15 is 0 Å². The van der Waals surface area contributed by atoms with Gasteiger partial charge in [-0.05, 0) is 71.7 Å². The monoisotopic (exact) mass is 432 g/mol. The number of aliphatic hydroxyl groups is 2. The van der Waals surface area contributed by atoms with E-state index in [9.17, 15) is 10.2 Å². The molecule has 3 heteroatoms. The average Bonchev–Trinajstić information content (AvgIpc) is 2.83. The van der Waals surface area contributed by atoms with E-state index in [1.165, 1.54) is 11.1 Å². The van der Waals surface area contributed by atoms with Crippen molar-refractivity contribution in [3.8, 4) is 16.9 Å². The van der Waals surface area contributed by atoms with Crippen LogP contribution in [0, 0.1) is 6.92 Å². The van der Waals surface area contributed by atoms with Crippen molar-refractivity contribution in [1.82, 2.24) is 0 Å². The molecule has 0 aromatic heterocycles. The van der Waals surface area contributed by atoms with Crippen LogP contribution < -0.4 is 4.74 Å². The molecule has 0 spiro atoms. The number of rotatable bonds is 10. The van der Waals surface area contributed by atoms with Crippen molar-refractivity contribution in [2.24, 2.45) is 0 Å². The molecule has 0 saturated heterocycles. The third kappa shape index (κ3) is 5.23. The predicted octanol–water partition coefficient (Wildman–Crippen LogP) is 6.69. The average molecular weight is 433 g/mol. The number of hydrogen-bond acceptors (Lipinski definition) is 3. The molecule has 0 aliphatic heterocycles. The molecule has 0 radical (unpaired) electrons. The second kappa shape index (κ2) is 10.8. The molecule has 3 nitrogen and oxygen atoms in total. The van der Waals surface area contributed by atoms with Crippen LogP contribution >= 0.6 is 0 Å². The summed E-state index contributed by atoms with van der Waals surface area (Å²) in [5, 5.41) is 20.8. The number of aliphatic hydroxyl groups excluding tert-OH is 1. The van der Waals surface area contributed by atoms with Gasteiger partial charge in [-0.3, -0.25) is 0 Å². The first-order valence-electron chi connectivity index (χ1n) is 11.7. The van der Waals surface area contributed by atoms with E-state index in [0.717, 1.165) is 46.4 Å². The van der Waals surface area contributed by atoms with E-state index in [1.54, 1.807) is 0 Å². The van der Waals surface area contributed by atoms with Crippen LogP contribution in [0.25, 0.3) is 11.1 Å². The van der Waals surface area contributed by atoms with Crippen molar-refractivity contribution >= 4 is 0 Å². The molecule has 0 unspecified atom stereocenters.